The summed E-state index contributed by atoms with van der Waals surface area (Å²) in [7, 11) is 3.03. The first-order valence-corrected chi connectivity index (χ1v) is 7.44. The van der Waals surface area contributed by atoms with Gasteiger partial charge in [0.25, 0.3) is 5.91 Å². The molecule has 2 aromatic rings. The van der Waals surface area contributed by atoms with Crippen molar-refractivity contribution in [2.45, 2.75) is 6.61 Å². The minimum absolute atomic E-state index is 0.0468. The molecule has 0 aromatic heterocycles. The Hall–Kier alpha value is -3.09. The number of amides is 1. The van der Waals surface area contributed by atoms with Crippen molar-refractivity contribution in [2.75, 3.05) is 20.8 Å². The number of carbonyl (C=O) groups excluding carboxylic acids is 2. The van der Waals surface area contributed by atoms with Crippen LogP contribution in [0.3, 0.4) is 0 Å². The Morgan fingerprint density at radius 3 is 2.52 bits per heavy atom. The largest absolute Gasteiger partial charge is 0.497 e. The van der Waals surface area contributed by atoms with E-state index in [1.807, 2.05) is 0 Å². The Morgan fingerprint density at radius 1 is 1.08 bits per heavy atom. The van der Waals surface area contributed by atoms with Crippen LogP contribution in [0.15, 0.2) is 42.5 Å². The van der Waals surface area contributed by atoms with E-state index >= 15 is 0 Å². The monoisotopic (exact) mass is 347 g/mol. The van der Waals surface area contributed by atoms with Gasteiger partial charge >= 0.3 is 5.97 Å². The summed E-state index contributed by atoms with van der Waals surface area (Å²) in [5, 5.41) is 2.32. The molecule has 0 aliphatic carbocycles. The third-order valence-corrected chi connectivity index (χ3v) is 3.39. The van der Waals surface area contributed by atoms with E-state index in [0.29, 0.717) is 17.1 Å². The van der Waals surface area contributed by atoms with Crippen molar-refractivity contribution in [1.82, 2.24) is 5.32 Å². The molecular weight excluding hydrogens is 329 g/mol. The molecule has 0 saturated carbocycles. The second kappa shape index (κ2) is 8.68. The molecule has 7 heteroatoms. The fraction of sp³-hybridized carbons (Fsp3) is 0.222. The van der Waals surface area contributed by atoms with Gasteiger partial charge in [0.15, 0.2) is 0 Å². The van der Waals surface area contributed by atoms with Gasteiger partial charge in [0, 0.05) is 5.56 Å². The number of nitrogens with one attached hydrogen (secondary N) is 1. The zero-order chi connectivity index (χ0) is 18.2. The molecule has 132 valence electrons. The molecule has 0 aliphatic rings. The summed E-state index contributed by atoms with van der Waals surface area (Å²) in [6.45, 7) is -0.422. The number of hydrogen-bond acceptors (Lipinski definition) is 5. The molecule has 6 nitrogen and oxygen atoms in total. The maximum atomic E-state index is 13.5. The molecule has 0 bridgehead atoms. The highest BCUT2D eigenvalue weighted by Gasteiger charge is 2.13. The van der Waals surface area contributed by atoms with Crippen LogP contribution in [0.25, 0.3) is 0 Å². The Bertz CT molecular complexity index is 763. The topological polar surface area (TPSA) is 73.9 Å². The van der Waals surface area contributed by atoms with Gasteiger partial charge in [-0.3, -0.25) is 9.59 Å². The number of hydrogen-bond donors (Lipinski definition) is 1. The molecule has 0 aliphatic heterocycles. The van der Waals surface area contributed by atoms with E-state index in [4.69, 9.17) is 14.2 Å². The van der Waals surface area contributed by atoms with E-state index in [9.17, 15) is 14.0 Å². The lowest BCUT2D eigenvalue weighted by atomic mass is 10.2. The van der Waals surface area contributed by atoms with E-state index in [2.05, 4.69) is 5.32 Å². The highest BCUT2D eigenvalue weighted by molar-refractivity contribution is 5.96. The molecule has 1 amide bonds. The summed E-state index contributed by atoms with van der Waals surface area (Å²) >= 11 is 0. The number of rotatable bonds is 7. The second-order valence-corrected chi connectivity index (χ2v) is 5.00. The normalized spacial score (nSPS) is 10.0. The van der Waals surface area contributed by atoms with Crippen LogP contribution in [0.1, 0.15) is 15.9 Å². The van der Waals surface area contributed by atoms with Gasteiger partial charge in [-0.2, -0.15) is 0 Å². The number of halogens is 1. The van der Waals surface area contributed by atoms with E-state index < -0.39 is 17.7 Å². The van der Waals surface area contributed by atoms with Crippen LogP contribution in [-0.2, 0) is 16.1 Å². The summed E-state index contributed by atoms with van der Waals surface area (Å²) in [6, 6.07) is 10.6. The molecule has 2 rings (SSSR count). The van der Waals surface area contributed by atoms with Crippen LogP contribution in [0.2, 0.25) is 0 Å². The van der Waals surface area contributed by atoms with Gasteiger partial charge in [0.1, 0.15) is 30.5 Å². The average molecular weight is 347 g/mol. The molecular formula is C18H18FNO5. The lowest BCUT2D eigenvalue weighted by Crippen LogP contribution is -2.31. The number of ether oxygens (including phenoxy) is 3. The third kappa shape index (κ3) is 4.94. The molecule has 0 heterocycles. The van der Waals surface area contributed by atoms with Gasteiger partial charge in [0.05, 0.1) is 19.8 Å². The molecule has 25 heavy (non-hydrogen) atoms. The van der Waals surface area contributed by atoms with E-state index in [1.54, 1.807) is 18.2 Å². The van der Waals surface area contributed by atoms with Gasteiger partial charge in [0.2, 0.25) is 0 Å². The minimum atomic E-state index is -0.686. The van der Waals surface area contributed by atoms with Gasteiger partial charge in [-0.1, -0.05) is 12.1 Å². The first-order chi connectivity index (χ1) is 12.0. The number of esters is 1. The van der Waals surface area contributed by atoms with Crippen LogP contribution >= 0.6 is 0 Å². The highest BCUT2D eigenvalue weighted by Crippen LogP contribution is 2.24. The van der Waals surface area contributed by atoms with Crippen molar-refractivity contribution < 1.29 is 28.2 Å². The van der Waals surface area contributed by atoms with Crippen molar-refractivity contribution in [1.29, 1.82) is 0 Å². The fourth-order valence-electron chi connectivity index (χ4n) is 2.10. The smallest absolute Gasteiger partial charge is 0.325 e. The molecule has 0 saturated heterocycles. The van der Waals surface area contributed by atoms with Gasteiger partial charge < -0.3 is 19.5 Å². The minimum Gasteiger partial charge on any atom is -0.497 e. The predicted octanol–water partition coefficient (Wildman–Crippen LogP) is 2.32. The first-order valence-electron chi connectivity index (χ1n) is 7.44. The summed E-state index contributed by atoms with van der Waals surface area (Å²) in [5.74, 6) is -0.859. The molecule has 1 N–H and O–H groups in total. The maximum absolute atomic E-state index is 13.5. The van der Waals surface area contributed by atoms with Gasteiger partial charge in [-0.15, -0.1) is 0 Å². The molecule has 0 fully saturated rings. The maximum Gasteiger partial charge on any atom is 0.325 e. The van der Waals surface area contributed by atoms with Crippen molar-refractivity contribution in [3.8, 4) is 11.5 Å². The van der Waals surface area contributed by atoms with Gasteiger partial charge in [-0.25, -0.2) is 4.39 Å². The van der Waals surface area contributed by atoms with Crippen molar-refractivity contribution in [3.05, 3.63) is 59.4 Å². The zero-order valence-corrected chi connectivity index (χ0v) is 13.9. The molecule has 0 radical (unpaired) electrons. The molecule has 2 aromatic carbocycles. The van der Waals surface area contributed by atoms with Crippen molar-refractivity contribution in [2.24, 2.45) is 0 Å². The number of carbonyl (C=O) groups is 2. The second-order valence-electron chi connectivity index (χ2n) is 5.00. The van der Waals surface area contributed by atoms with Crippen LogP contribution in [0, 0.1) is 5.82 Å². The Balaban J connectivity index is 1.89. The van der Waals surface area contributed by atoms with E-state index in [-0.39, 0.29) is 18.7 Å². The van der Waals surface area contributed by atoms with E-state index in [1.165, 1.54) is 38.5 Å². The quantitative estimate of drug-likeness (QED) is 0.778. The summed E-state index contributed by atoms with van der Waals surface area (Å²) in [5.41, 5.74) is 0.486. The standard InChI is InChI=1S/C18H18FNO5/c1-23-13-7-8-16(24-2)12(9-13)11-25-17(21)10-20-18(22)14-5-3-4-6-15(14)19/h3-9H,10-11H2,1-2H3,(H,20,22). The average Bonchev–Trinajstić information content (AvgIpc) is 2.64. The number of methoxy groups -OCH3 is 2. The van der Waals surface area contributed by atoms with Crippen LogP contribution in [0.5, 0.6) is 11.5 Å². The van der Waals surface area contributed by atoms with Crippen LogP contribution < -0.4 is 14.8 Å². The Labute approximate surface area is 144 Å². The molecule has 0 atom stereocenters. The highest BCUT2D eigenvalue weighted by atomic mass is 19.1. The molecule has 0 unspecified atom stereocenters. The lowest BCUT2D eigenvalue weighted by Gasteiger charge is -2.11. The Kier molecular flexibility index (Phi) is 6.33. The summed E-state index contributed by atoms with van der Waals surface area (Å²) in [4.78, 5) is 23.6. The van der Waals surface area contributed by atoms with Gasteiger partial charge in [-0.05, 0) is 30.3 Å². The van der Waals surface area contributed by atoms with Crippen molar-refractivity contribution >= 4 is 11.9 Å². The lowest BCUT2D eigenvalue weighted by molar-refractivity contribution is -0.143. The van der Waals surface area contributed by atoms with E-state index in [0.717, 1.165) is 0 Å². The first kappa shape index (κ1) is 18.3. The fourth-order valence-corrected chi connectivity index (χ4v) is 2.10. The van der Waals surface area contributed by atoms with Crippen molar-refractivity contribution in [3.63, 3.8) is 0 Å². The number of benzene rings is 2. The van der Waals surface area contributed by atoms with Crippen LogP contribution in [-0.4, -0.2) is 32.6 Å². The third-order valence-electron chi connectivity index (χ3n) is 3.39. The predicted molar refractivity (Wildman–Crippen MR) is 88.1 cm³/mol. The molecule has 0 spiro atoms. The SMILES string of the molecule is COc1ccc(OC)c(COC(=O)CNC(=O)c2ccccc2F)c1. The Morgan fingerprint density at radius 2 is 1.84 bits per heavy atom. The summed E-state index contributed by atoms with van der Waals surface area (Å²) < 4.78 is 28.9. The summed E-state index contributed by atoms with van der Waals surface area (Å²) in [6.07, 6.45) is 0. The zero-order valence-electron chi connectivity index (χ0n) is 13.9. The van der Waals surface area contributed by atoms with Crippen LogP contribution in [0.4, 0.5) is 4.39 Å².